The van der Waals surface area contributed by atoms with E-state index in [9.17, 15) is 4.79 Å². The van der Waals surface area contributed by atoms with Gasteiger partial charge in [-0.15, -0.1) is 0 Å². The van der Waals surface area contributed by atoms with Crippen LogP contribution in [0.15, 0.2) is 0 Å². The van der Waals surface area contributed by atoms with Crippen molar-refractivity contribution in [3.05, 3.63) is 0 Å². The van der Waals surface area contributed by atoms with Crippen molar-refractivity contribution in [1.29, 1.82) is 0 Å². The van der Waals surface area contributed by atoms with Crippen molar-refractivity contribution in [2.24, 2.45) is 10.8 Å². The fourth-order valence-corrected chi connectivity index (χ4v) is 4.72. The summed E-state index contributed by atoms with van der Waals surface area (Å²) in [4.78, 5) is 20.1. The molecular formula is C19H35N3O. The van der Waals surface area contributed by atoms with Crippen LogP contribution in [0, 0.1) is 10.8 Å². The van der Waals surface area contributed by atoms with Gasteiger partial charge >= 0.3 is 0 Å². The quantitative estimate of drug-likeness (QED) is 0.781. The molecule has 0 aromatic rings. The monoisotopic (exact) mass is 321 g/mol. The topological polar surface area (TPSA) is 26.8 Å². The molecule has 3 heterocycles. The number of hydrogen-bond acceptors (Lipinski definition) is 3. The zero-order valence-corrected chi connectivity index (χ0v) is 15.6. The van der Waals surface area contributed by atoms with E-state index in [0.717, 1.165) is 32.6 Å². The highest BCUT2D eigenvalue weighted by atomic mass is 16.2. The Bertz CT molecular complexity index is 434. The normalized spacial score (nSPS) is 30.3. The molecule has 0 bridgehead atoms. The maximum absolute atomic E-state index is 13.0. The molecule has 1 amide bonds. The summed E-state index contributed by atoms with van der Waals surface area (Å²) >= 11 is 0. The molecule has 1 unspecified atom stereocenters. The van der Waals surface area contributed by atoms with Gasteiger partial charge in [0.2, 0.25) is 5.91 Å². The third kappa shape index (κ3) is 3.90. The van der Waals surface area contributed by atoms with Crippen molar-refractivity contribution < 1.29 is 4.79 Å². The number of hydrogen-bond donors (Lipinski definition) is 0. The number of likely N-dealkylation sites (tertiary alicyclic amines) is 3. The van der Waals surface area contributed by atoms with Gasteiger partial charge in [-0.2, -0.15) is 0 Å². The molecule has 1 atom stereocenters. The Hall–Kier alpha value is -0.610. The maximum Gasteiger partial charge on any atom is 0.239 e. The smallest absolute Gasteiger partial charge is 0.239 e. The lowest BCUT2D eigenvalue weighted by atomic mass is 9.78. The van der Waals surface area contributed by atoms with Crippen molar-refractivity contribution in [2.45, 2.75) is 58.9 Å². The van der Waals surface area contributed by atoms with Crippen LogP contribution in [0.5, 0.6) is 0 Å². The van der Waals surface area contributed by atoms with E-state index in [4.69, 9.17) is 0 Å². The van der Waals surface area contributed by atoms with E-state index in [2.05, 4.69) is 42.5 Å². The number of piperidine rings is 2. The first-order valence-electron chi connectivity index (χ1n) is 9.50. The van der Waals surface area contributed by atoms with Gasteiger partial charge in [0.25, 0.3) is 0 Å². The molecule has 1 spiro atoms. The SMILES string of the molecule is CN1CCC2(CC1)CCN(C1CCCN(CC(C)(C)C)C1=O)C2. The zero-order chi connectivity index (χ0) is 16.7. The fourth-order valence-electron chi connectivity index (χ4n) is 4.72. The van der Waals surface area contributed by atoms with Crippen molar-refractivity contribution in [2.75, 3.05) is 46.3 Å². The largest absolute Gasteiger partial charge is 0.341 e. The Morgan fingerprint density at radius 1 is 1.09 bits per heavy atom. The highest BCUT2D eigenvalue weighted by Crippen LogP contribution is 2.41. The Morgan fingerprint density at radius 2 is 1.74 bits per heavy atom. The van der Waals surface area contributed by atoms with Gasteiger partial charge < -0.3 is 9.80 Å². The lowest BCUT2D eigenvalue weighted by molar-refractivity contribution is -0.141. The molecule has 3 aliphatic heterocycles. The van der Waals surface area contributed by atoms with E-state index in [1.54, 1.807) is 0 Å². The van der Waals surface area contributed by atoms with Gasteiger partial charge in [-0.3, -0.25) is 9.69 Å². The Morgan fingerprint density at radius 3 is 2.39 bits per heavy atom. The number of amides is 1. The molecule has 3 saturated heterocycles. The second-order valence-corrected chi connectivity index (χ2v) is 9.50. The molecule has 0 aliphatic carbocycles. The van der Waals surface area contributed by atoms with Gasteiger partial charge in [-0.1, -0.05) is 20.8 Å². The van der Waals surface area contributed by atoms with Crippen LogP contribution in [0.4, 0.5) is 0 Å². The summed E-state index contributed by atoms with van der Waals surface area (Å²) in [5, 5.41) is 0. The van der Waals surface area contributed by atoms with Crippen LogP contribution in [-0.4, -0.2) is 73.0 Å². The van der Waals surface area contributed by atoms with Crippen molar-refractivity contribution in [3.8, 4) is 0 Å². The third-order valence-corrected chi connectivity index (χ3v) is 6.12. The molecule has 3 fully saturated rings. The summed E-state index contributed by atoms with van der Waals surface area (Å²) in [6.45, 7) is 13.3. The number of rotatable bonds is 2. The van der Waals surface area contributed by atoms with Crippen LogP contribution in [0.2, 0.25) is 0 Å². The summed E-state index contributed by atoms with van der Waals surface area (Å²) in [6.07, 6.45) is 6.15. The maximum atomic E-state index is 13.0. The van der Waals surface area contributed by atoms with Crippen LogP contribution >= 0.6 is 0 Å². The summed E-state index contributed by atoms with van der Waals surface area (Å²) in [6, 6.07) is 0.158. The second-order valence-electron chi connectivity index (χ2n) is 9.50. The minimum absolute atomic E-state index is 0.158. The van der Waals surface area contributed by atoms with Gasteiger partial charge in [0.15, 0.2) is 0 Å². The molecule has 0 aromatic heterocycles. The van der Waals surface area contributed by atoms with Crippen LogP contribution < -0.4 is 0 Å². The van der Waals surface area contributed by atoms with Crippen molar-refractivity contribution in [3.63, 3.8) is 0 Å². The predicted molar refractivity (Wildman–Crippen MR) is 94.4 cm³/mol. The van der Waals surface area contributed by atoms with E-state index < -0.39 is 0 Å². The average Bonchev–Trinajstić information content (AvgIpc) is 2.87. The Kier molecular flexibility index (Phi) is 4.76. The Labute approximate surface area is 142 Å². The minimum atomic E-state index is 0.158. The average molecular weight is 322 g/mol. The minimum Gasteiger partial charge on any atom is -0.341 e. The standard InChI is InChI=1S/C19H35N3O/c1-18(2,3)14-22-10-5-6-16(17(22)23)21-13-9-19(15-21)7-11-20(4)12-8-19/h16H,5-15H2,1-4H3. The second kappa shape index (κ2) is 6.36. The fraction of sp³-hybridized carbons (Fsp3) is 0.947. The van der Waals surface area contributed by atoms with Gasteiger partial charge in [0.1, 0.15) is 0 Å². The van der Waals surface area contributed by atoms with Crippen LogP contribution in [0.3, 0.4) is 0 Å². The van der Waals surface area contributed by atoms with E-state index in [0.29, 0.717) is 11.3 Å². The first kappa shape index (κ1) is 17.2. The summed E-state index contributed by atoms with van der Waals surface area (Å²) < 4.78 is 0. The highest BCUT2D eigenvalue weighted by Gasteiger charge is 2.44. The molecule has 23 heavy (non-hydrogen) atoms. The van der Waals surface area contributed by atoms with Gasteiger partial charge in [-0.25, -0.2) is 0 Å². The molecule has 3 aliphatic rings. The molecule has 132 valence electrons. The molecule has 0 saturated carbocycles. The number of carbonyl (C=O) groups is 1. The van der Waals surface area contributed by atoms with Gasteiger partial charge in [0, 0.05) is 19.6 Å². The Balaban J connectivity index is 1.62. The summed E-state index contributed by atoms with van der Waals surface area (Å²) in [5.74, 6) is 0.399. The van der Waals surface area contributed by atoms with Crippen molar-refractivity contribution in [1.82, 2.24) is 14.7 Å². The van der Waals surface area contributed by atoms with Crippen LogP contribution in [0.25, 0.3) is 0 Å². The van der Waals surface area contributed by atoms with E-state index in [-0.39, 0.29) is 11.5 Å². The van der Waals surface area contributed by atoms with Gasteiger partial charge in [0.05, 0.1) is 6.04 Å². The molecule has 4 nitrogen and oxygen atoms in total. The summed E-state index contributed by atoms with van der Waals surface area (Å²) in [5.41, 5.74) is 0.691. The molecule has 0 aromatic carbocycles. The van der Waals surface area contributed by atoms with Crippen LogP contribution in [-0.2, 0) is 4.79 Å². The van der Waals surface area contributed by atoms with E-state index in [1.807, 2.05) is 0 Å². The molecule has 0 radical (unpaired) electrons. The molecular weight excluding hydrogens is 286 g/mol. The van der Waals surface area contributed by atoms with Crippen molar-refractivity contribution >= 4 is 5.91 Å². The van der Waals surface area contributed by atoms with Crippen LogP contribution in [0.1, 0.15) is 52.9 Å². The number of nitrogens with zero attached hydrogens (tertiary/aromatic N) is 3. The number of carbonyl (C=O) groups excluding carboxylic acids is 1. The first-order chi connectivity index (χ1) is 10.8. The lowest BCUT2D eigenvalue weighted by Gasteiger charge is -2.41. The molecule has 3 rings (SSSR count). The zero-order valence-electron chi connectivity index (χ0n) is 15.6. The van der Waals surface area contributed by atoms with E-state index >= 15 is 0 Å². The third-order valence-electron chi connectivity index (χ3n) is 6.12. The first-order valence-corrected chi connectivity index (χ1v) is 9.50. The highest BCUT2D eigenvalue weighted by molar-refractivity contribution is 5.82. The molecule has 0 N–H and O–H groups in total. The summed E-state index contributed by atoms with van der Waals surface area (Å²) in [7, 11) is 2.23. The lowest BCUT2D eigenvalue weighted by Crippen LogP contribution is -2.54. The van der Waals surface area contributed by atoms with E-state index in [1.165, 1.54) is 38.8 Å². The predicted octanol–water partition coefficient (Wildman–Crippen LogP) is 2.44. The van der Waals surface area contributed by atoms with Gasteiger partial charge in [-0.05, 0) is 69.6 Å². The molecule has 4 heteroatoms.